The van der Waals surface area contributed by atoms with E-state index in [0.717, 1.165) is 6.54 Å². The quantitative estimate of drug-likeness (QED) is 0.365. The zero-order valence-electron chi connectivity index (χ0n) is 7.55. The Bertz CT molecular complexity index is 154. The third kappa shape index (κ3) is 2.37. The van der Waals surface area contributed by atoms with E-state index in [-0.39, 0.29) is 6.03 Å². The molecule has 1 aliphatic rings. The van der Waals surface area contributed by atoms with Crippen LogP contribution in [0.15, 0.2) is 0 Å². The summed E-state index contributed by atoms with van der Waals surface area (Å²) in [5.74, 6) is 5.69. The van der Waals surface area contributed by atoms with Gasteiger partial charge < -0.3 is 4.90 Å². The molecule has 4 nitrogen and oxygen atoms in total. The number of carbonyl (C=O) groups is 1. The minimum Gasteiger partial charge on any atom is -0.327 e. The van der Waals surface area contributed by atoms with Crippen LogP contribution in [0.1, 0.15) is 25.7 Å². The van der Waals surface area contributed by atoms with Gasteiger partial charge in [-0.1, -0.05) is 12.8 Å². The van der Waals surface area contributed by atoms with Gasteiger partial charge in [0.05, 0.1) is 0 Å². The molecule has 0 unspecified atom stereocenters. The van der Waals surface area contributed by atoms with Crippen LogP contribution in [-0.4, -0.2) is 24.5 Å². The molecule has 2 amide bonds. The molecule has 70 valence electrons. The fraction of sp³-hybridized carbons (Fsp3) is 0.875. The normalized spacial score (nSPS) is 17.8. The maximum absolute atomic E-state index is 11.0. The van der Waals surface area contributed by atoms with Crippen molar-refractivity contribution in [2.24, 2.45) is 11.8 Å². The molecule has 1 fully saturated rings. The average molecular weight is 171 g/mol. The van der Waals surface area contributed by atoms with Crippen LogP contribution in [-0.2, 0) is 0 Å². The van der Waals surface area contributed by atoms with Crippen LogP contribution < -0.4 is 11.3 Å². The summed E-state index contributed by atoms with van der Waals surface area (Å²) in [7, 11) is 1.78. The second kappa shape index (κ2) is 4.30. The van der Waals surface area contributed by atoms with Crippen LogP contribution >= 0.6 is 0 Å². The molecule has 0 aromatic heterocycles. The Morgan fingerprint density at radius 1 is 1.58 bits per heavy atom. The van der Waals surface area contributed by atoms with Crippen LogP contribution in [0.25, 0.3) is 0 Å². The molecule has 4 heteroatoms. The van der Waals surface area contributed by atoms with Crippen molar-refractivity contribution in [1.82, 2.24) is 10.3 Å². The van der Waals surface area contributed by atoms with Gasteiger partial charge in [0.25, 0.3) is 0 Å². The second-order valence-electron chi connectivity index (χ2n) is 3.48. The SMILES string of the molecule is CN(CC1CCCC1)C(=O)NN. The number of urea groups is 1. The highest BCUT2D eigenvalue weighted by Gasteiger charge is 2.18. The van der Waals surface area contributed by atoms with Crippen LogP contribution in [0.3, 0.4) is 0 Å². The molecule has 0 bridgehead atoms. The van der Waals surface area contributed by atoms with E-state index < -0.39 is 0 Å². The van der Waals surface area contributed by atoms with Crippen LogP contribution in [0.4, 0.5) is 4.79 Å². The molecule has 1 saturated carbocycles. The van der Waals surface area contributed by atoms with Gasteiger partial charge in [-0.2, -0.15) is 0 Å². The number of amides is 2. The first-order valence-electron chi connectivity index (χ1n) is 4.45. The van der Waals surface area contributed by atoms with E-state index in [1.165, 1.54) is 25.7 Å². The number of nitrogens with two attached hydrogens (primary N) is 1. The lowest BCUT2D eigenvalue weighted by atomic mass is 10.1. The maximum Gasteiger partial charge on any atom is 0.331 e. The van der Waals surface area contributed by atoms with Crippen molar-refractivity contribution in [3.05, 3.63) is 0 Å². The summed E-state index contributed by atoms with van der Waals surface area (Å²) in [5, 5.41) is 0. The standard InChI is InChI=1S/C8H17N3O/c1-11(8(12)10-9)6-7-4-2-3-5-7/h7H,2-6,9H2,1H3,(H,10,12). The van der Waals surface area contributed by atoms with Crippen molar-refractivity contribution in [3.63, 3.8) is 0 Å². The summed E-state index contributed by atoms with van der Waals surface area (Å²) < 4.78 is 0. The Kier molecular flexibility index (Phi) is 3.34. The van der Waals surface area contributed by atoms with Crippen molar-refractivity contribution in [3.8, 4) is 0 Å². The minimum absolute atomic E-state index is 0.193. The predicted octanol–water partition coefficient (Wildman–Crippen LogP) is 0.692. The predicted molar refractivity (Wildman–Crippen MR) is 47.3 cm³/mol. The molecule has 1 aliphatic carbocycles. The topological polar surface area (TPSA) is 58.4 Å². The molecule has 1 rings (SSSR count). The largest absolute Gasteiger partial charge is 0.331 e. The minimum atomic E-state index is -0.193. The lowest BCUT2D eigenvalue weighted by Crippen LogP contribution is -2.42. The van der Waals surface area contributed by atoms with E-state index in [9.17, 15) is 4.79 Å². The van der Waals surface area contributed by atoms with Crippen LogP contribution in [0.5, 0.6) is 0 Å². The first kappa shape index (κ1) is 9.32. The summed E-state index contributed by atoms with van der Waals surface area (Å²) in [6.45, 7) is 0.836. The molecule has 0 radical (unpaired) electrons. The van der Waals surface area contributed by atoms with E-state index in [1.807, 2.05) is 0 Å². The number of rotatable bonds is 2. The van der Waals surface area contributed by atoms with Crippen molar-refractivity contribution < 1.29 is 4.79 Å². The van der Waals surface area contributed by atoms with E-state index in [2.05, 4.69) is 5.43 Å². The fourth-order valence-corrected chi connectivity index (χ4v) is 1.77. The summed E-state index contributed by atoms with van der Waals surface area (Å²) in [6, 6.07) is -0.193. The second-order valence-corrected chi connectivity index (χ2v) is 3.48. The number of hydrazine groups is 1. The molecule has 0 spiro atoms. The van der Waals surface area contributed by atoms with E-state index >= 15 is 0 Å². The number of nitrogens with one attached hydrogen (secondary N) is 1. The van der Waals surface area contributed by atoms with E-state index in [1.54, 1.807) is 11.9 Å². The zero-order valence-corrected chi connectivity index (χ0v) is 7.55. The highest BCUT2D eigenvalue weighted by molar-refractivity contribution is 5.73. The number of carbonyl (C=O) groups excluding carboxylic acids is 1. The number of hydrogen-bond acceptors (Lipinski definition) is 2. The zero-order chi connectivity index (χ0) is 8.97. The fourth-order valence-electron chi connectivity index (χ4n) is 1.77. The lowest BCUT2D eigenvalue weighted by molar-refractivity contribution is 0.201. The van der Waals surface area contributed by atoms with E-state index in [4.69, 9.17) is 5.84 Å². The Labute approximate surface area is 73.1 Å². The molecular formula is C8H17N3O. The molecule has 0 saturated heterocycles. The Balaban J connectivity index is 2.24. The summed E-state index contributed by atoms with van der Waals surface area (Å²) in [4.78, 5) is 12.6. The molecule has 0 aromatic rings. The highest BCUT2D eigenvalue weighted by atomic mass is 16.2. The molecular weight excluding hydrogens is 154 g/mol. The number of hydrogen-bond donors (Lipinski definition) is 2. The van der Waals surface area contributed by atoms with Gasteiger partial charge in [-0.3, -0.25) is 5.43 Å². The van der Waals surface area contributed by atoms with Gasteiger partial charge in [0.1, 0.15) is 0 Å². The summed E-state index contributed by atoms with van der Waals surface area (Å²) >= 11 is 0. The van der Waals surface area contributed by atoms with Gasteiger partial charge in [-0.05, 0) is 18.8 Å². The molecule has 0 aliphatic heterocycles. The third-order valence-electron chi connectivity index (χ3n) is 2.48. The van der Waals surface area contributed by atoms with Crippen LogP contribution in [0, 0.1) is 5.92 Å². The molecule has 12 heavy (non-hydrogen) atoms. The summed E-state index contributed by atoms with van der Waals surface area (Å²) in [6.07, 6.45) is 5.12. The molecule has 0 atom stereocenters. The first-order valence-corrected chi connectivity index (χ1v) is 4.45. The first-order chi connectivity index (χ1) is 5.74. The monoisotopic (exact) mass is 171 g/mol. The van der Waals surface area contributed by atoms with Crippen LogP contribution in [0.2, 0.25) is 0 Å². The summed E-state index contributed by atoms with van der Waals surface area (Å²) in [5.41, 5.74) is 2.13. The smallest absolute Gasteiger partial charge is 0.327 e. The van der Waals surface area contributed by atoms with Crippen molar-refractivity contribution in [1.29, 1.82) is 0 Å². The lowest BCUT2D eigenvalue weighted by Gasteiger charge is -2.19. The average Bonchev–Trinajstić information content (AvgIpc) is 2.55. The molecule has 0 heterocycles. The van der Waals surface area contributed by atoms with Gasteiger partial charge in [-0.25, -0.2) is 10.6 Å². The Morgan fingerprint density at radius 3 is 2.67 bits per heavy atom. The van der Waals surface area contributed by atoms with Crippen molar-refractivity contribution in [2.75, 3.05) is 13.6 Å². The van der Waals surface area contributed by atoms with Gasteiger partial charge in [0, 0.05) is 13.6 Å². The van der Waals surface area contributed by atoms with Crippen molar-refractivity contribution >= 4 is 6.03 Å². The highest BCUT2D eigenvalue weighted by Crippen LogP contribution is 2.24. The molecule has 3 N–H and O–H groups in total. The van der Waals surface area contributed by atoms with Gasteiger partial charge in [0.2, 0.25) is 0 Å². The van der Waals surface area contributed by atoms with Gasteiger partial charge in [0.15, 0.2) is 0 Å². The third-order valence-corrected chi connectivity index (χ3v) is 2.48. The van der Waals surface area contributed by atoms with Gasteiger partial charge >= 0.3 is 6.03 Å². The van der Waals surface area contributed by atoms with Crippen molar-refractivity contribution in [2.45, 2.75) is 25.7 Å². The van der Waals surface area contributed by atoms with Gasteiger partial charge in [-0.15, -0.1) is 0 Å². The molecule has 0 aromatic carbocycles. The number of nitrogens with zero attached hydrogens (tertiary/aromatic N) is 1. The Morgan fingerprint density at radius 2 is 2.17 bits per heavy atom. The maximum atomic E-state index is 11.0. The van der Waals surface area contributed by atoms with E-state index in [0.29, 0.717) is 5.92 Å². The Hall–Kier alpha value is -0.770.